The second-order valence-corrected chi connectivity index (χ2v) is 15.6. The van der Waals surface area contributed by atoms with E-state index in [-0.39, 0.29) is 41.3 Å². The van der Waals surface area contributed by atoms with Crippen LogP contribution in [-0.4, -0.2) is 72.8 Å². The number of rotatable bonds is 31. The number of hydrogen-bond donors (Lipinski definition) is 0. The lowest BCUT2D eigenvalue weighted by Gasteiger charge is -2.35. The van der Waals surface area contributed by atoms with Gasteiger partial charge in [-0.05, 0) is 77.1 Å². The molecule has 48 heavy (non-hydrogen) atoms. The second kappa shape index (κ2) is 30.5. The van der Waals surface area contributed by atoms with Crippen molar-refractivity contribution in [3.8, 4) is 0 Å². The lowest BCUT2D eigenvalue weighted by Crippen LogP contribution is -2.44. The van der Waals surface area contributed by atoms with Gasteiger partial charge < -0.3 is 19.1 Å². The summed E-state index contributed by atoms with van der Waals surface area (Å²) in [5.41, 5.74) is 0. The number of ether oxygens (including phenoxy) is 3. The normalized spacial score (nSPS) is 16.8. The standard InChI is InChI=1S/C40H75NO6S/c1-6-10-23-34(24-11-7-2)46-38(42)27-19-15-14-18-22-32-48-37-33-41(5)30-29-36(37)40(44)45-31-21-17-16-20-28-39(43)47-35(25-12-8-3)26-13-9-4/h34-37H,6-33H2,1-5H3. The molecule has 2 atom stereocenters. The first kappa shape index (κ1) is 44.7. The van der Waals surface area contributed by atoms with Crippen molar-refractivity contribution >= 4 is 29.7 Å². The summed E-state index contributed by atoms with van der Waals surface area (Å²) in [5.74, 6) is 0.913. The molecule has 0 aromatic rings. The zero-order chi connectivity index (χ0) is 35.2. The quantitative estimate of drug-likeness (QED) is 0.0402. The summed E-state index contributed by atoms with van der Waals surface area (Å²) in [7, 11) is 2.14. The third-order valence-electron chi connectivity index (χ3n) is 9.56. The van der Waals surface area contributed by atoms with Crippen LogP contribution in [0.3, 0.4) is 0 Å². The minimum absolute atomic E-state index is 0.0204. The molecule has 1 heterocycles. The van der Waals surface area contributed by atoms with Crippen molar-refractivity contribution in [1.82, 2.24) is 4.90 Å². The van der Waals surface area contributed by atoms with Gasteiger partial charge in [0, 0.05) is 24.6 Å². The molecule has 0 aliphatic carbocycles. The molecule has 7 nitrogen and oxygen atoms in total. The summed E-state index contributed by atoms with van der Waals surface area (Å²) >= 11 is 1.93. The Hall–Kier alpha value is -1.28. The molecule has 2 unspecified atom stereocenters. The third kappa shape index (κ3) is 23.2. The molecule has 0 saturated carbocycles. The molecule has 0 aromatic carbocycles. The first-order valence-electron chi connectivity index (χ1n) is 20.2. The average molecular weight is 698 g/mol. The highest BCUT2D eigenvalue weighted by atomic mass is 32.2. The van der Waals surface area contributed by atoms with Crippen LogP contribution in [-0.2, 0) is 28.6 Å². The van der Waals surface area contributed by atoms with E-state index in [0.29, 0.717) is 19.4 Å². The molecule has 0 aromatic heterocycles. The van der Waals surface area contributed by atoms with Crippen LogP contribution in [0.1, 0.15) is 182 Å². The Bertz CT molecular complexity index is 795. The zero-order valence-electron chi connectivity index (χ0n) is 31.9. The number of nitrogens with zero attached hydrogens (tertiary/aromatic N) is 1. The van der Waals surface area contributed by atoms with Gasteiger partial charge in [-0.1, -0.05) is 111 Å². The molecular formula is C40H75NO6S. The number of esters is 3. The van der Waals surface area contributed by atoms with E-state index in [2.05, 4.69) is 39.6 Å². The van der Waals surface area contributed by atoms with Crippen molar-refractivity contribution in [2.45, 2.75) is 199 Å². The highest BCUT2D eigenvalue weighted by molar-refractivity contribution is 7.99. The van der Waals surface area contributed by atoms with Crippen molar-refractivity contribution in [2.24, 2.45) is 5.92 Å². The summed E-state index contributed by atoms with van der Waals surface area (Å²) in [6, 6.07) is 0. The van der Waals surface area contributed by atoms with Gasteiger partial charge >= 0.3 is 17.9 Å². The number of likely N-dealkylation sites (tertiary alicyclic amines) is 1. The Morgan fingerprint density at radius 2 is 1.10 bits per heavy atom. The molecule has 1 fully saturated rings. The van der Waals surface area contributed by atoms with Gasteiger partial charge in [-0.15, -0.1) is 0 Å². The van der Waals surface area contributed by atoms with Crippen LogP contribution in [0, 0.1) is 5.92 Å². The van der Waals surface area contributed by atoms with E-state index >= 15 is 0 Å². The lowest BCUT2D eigenvalue weighted by molar-refractivity contribution is -0.151. The van der Waals surface area contributed by atoms with Gasteiger partial charge in [-0.25, -0.2) is 0 Å². The van der Waals surface area contributed by atoms with Crippen LogP contribution in [0.25, 0.3) is 0 Å². The Morgan fingerprint density at radius 3 is 1.60 bits per heavy atom. The summed E-state index contributed by atoms with van der Waals surface area (Å²) < 4.78 is 17.3. The monoisotopic (exact) mass is 698 g/mol. The van der Waals surface area contributed by atoms with Crippen molar-refractivity contribution in [3.63, 3.8) is 0 Å². The number of carbonyl (C=O) groups excluding carboxylic acids is 3. The summed E-state index contributed by atoms with van der Waals surface area (Å²) in [6.45, 7) is 11.0. The largest absolute Gasteiger partial charge is 0.465 e. The van der Waals surface area contributed by atoms with Gasteiger partial charge in [0.1, 0.15) is 12.2 Å². The highest BCUT2D eigenvalue weighted by Crippen LogP contribution is 2.30. The van der Waals surface area contributed by atoms with Crippen LogP contribution < -0.4 is 0 Å². The number of unbranched alkanes of at least 4 members (excludes halogenated alkanes) is 11. The number of piperidine rings is 1. The zero-order valence-corrected chi connectivity index (χ0v) is 32.7. The van der Waals surface area contributed by atoms with Gasteiger partial charge in [0.05, 0.1) is 12.5 Å². The van der Waals surface area contributed by atoms with Gasteiger partial charge in [-0.3, -0.25) is 14.4 Å². The average Bonchev–Trinajstić information content (AvgIpc) is 3.07. The Morgan fingerprint density at radius 1 is 0.646 bits per heavy atom. The van der Waals surface area contributed by atoms with E-state index in [1.54, 1.807) is 0 Å². The predicted molar refractivity (Wildman–Crippen MR) is 201 cm³/mol. The third-order valence-corrected chi connectivity index (χ3v) is 11.0. The highest BCUT2D eigenvalue weighted by Gasteiger charge is 2.34. The van der Waals surface area contributed by atoms with Gasteiger partial charge in [0.15, 0.2) is 0 Å². The maximum atomic E-state index is 13.0. The molecule has 1 saturated heterocycles. The van der Waals surface area contributed by atoms with Crippen molar-refractivity contribution in [2.75, 3.05) is 32.5 Å². The van der Waals surface area contributed by atoms with E-state index < -0.39 is 0 Å². The molecule has 8 heteroatoms. The number of carbonyl (C=O) groups is 3. The molecule has 1 aliphatic rings. The molecule has 1 aliphatic heterocycles. The number of hydrogen-bond acceptors (Lipinski definition) is 8. The van der Waals surface area contributed by atoms with Crippen molar-refractivity contribution < 1.29 is 28.6 Å². The molecular weight excluding hydrogens is 623 g/mol. The molecule has 0 radical (unpaired) electrons. The molecule has 0 N–H and O–H groups in total. The summed E-state index contributed by atoms with van der Waals surface area (Å²) in [4.78, 5) is 40.0. The van der Waals surface area contributed by atoms with Crippen LogP contribution in [0.5, 0.6) is 0 Å². The minimum Gasteiger partial charge on any atom is -0.465 e. The van der Waals surface area contributed by atoms with E-state index in [1.165, 1.54) is 0 Å². The van der Waals surface area contributed by atoms with Crippen LogP contribution in [0.15, 0.2) is 0 Å². The predicted octanol–water partition coefficient (Wildman–Crippen LogP) is 10.5. The Labute approximate surface area is 300 Å². The van der Waals surface area contributed by atoms with Crippen LogP contribution in [0.4, 0.5) is 0 Å². The Kier molecular flexibility index (Phi) is 28.5. The Balaban J connectivity index is 2.20. The van der Waals surface area contributed by atoms with Gasteiger partial charge in [0.2, 0.25) is 0 Å². The van der Waals surface area contributed by atoms with Crippen molar-refractivity contribution in [3.05, 3.63) is 0 Å². The maximum Gasteiger partial charge on any atom is 0.310 e. The minimum atomic E-state index is -0.0599. The second-order valence-electron chi connectivity index (χ2n) is 14.2. The van der Waals surface area contributed by atoms with E-state index in [9.17, 15) is 14.4 Å². The molecule has 1 rings (SSSR count). The van der Waals surface area contributed by atoms with E-state index in [4.69, 9.17) is 14.2 Å². The molecule has 0 spiro atoms. The fourth-order valence-corrected chi connectivity index (χ4v) is 7.90. The molecule has 0 bridgehead atoms. The molecule has 0 amide bonds. The lowest BCUT2D eigenvalue weighted by atomic mass is 9.97. The summed E-state index contributed by atoms with van der Waals surface area (Å²) in [6.07, 6.45) is 24.0. The number of thioether (sulfide) groups is 1. The smallest absolute Gasteiger partial charge is 0.310 e. The van der Waals surface area contributed by atoms with Crippen molar-refractivity contribution in [1.29, 1.82) is 0 Å². The SMILES string of the molecule is CCCCC(CCCC)OC(=O)CCCCCCCSC1CN(C)CCC1C(=O)OCCCCCCC(=O)OC(CCCC)CCCC. The van der Waals surface area contributed by atoms with E-state index in [0.717, 1.165) is 160 Å². The fraction of sp³-hybridized carbons (Fsp3) is 0.925. The van der Waals surface area contributed by atoms with Crippen LogP contribution >= 0.6 is 11.8 Å². The van der Waals surface area contributed by atoms with Gasteiger partial charge in [-0.2, -0.15) is 11.8 Å². The molecule has 282 valence electrons. The first-order chi connectivity index (χ1) is 23.3. The topological polar surface area (TPSA) is 82.1 Å². The maximum absolute atomic E-state index is 13.0. The first-order valence-corrected chi connectivity index (χ1v) is 21.2. The fourth-order valence-electron chi connectivity index (χ4n) is 6.39. The van der Waals surface area contributed by atoms with Crippen LogP contribution in [0.2, 0.25) is 0 Å². The summed E-state index contributed by atoms with van der Waals surface area (Å²) in [5, 5.41) is 0.281. The van der Waals surface area contributed by atoms with E-state index in [1.807, 2.05) is 11.8 Å². The van der Waals surface area contributed by atoms with Gasteiger partial charge in [0.25, 0.3) is 0 Å².